The van der Waals surface area contributed by atoms with Crippen LogP contribution < -0.4 is 14.8 Å². The number of hydrogen-bond acceptors (Lipinski definition) is 7. The Morgan fingerprint density at radius 1 is 1.21 bits per heavy atom. The van der Waals surface area contributed by atoms with E-state index in [0.29, 0.717) is 53.4 Å². The smallest absolute Gasteiger partial charge is 0.247 e. The van der Waals surface area contributed by atoms with Crippen LogP contribution in [0.25, 0.3) is 0 Å². The number of fused-ring (bicyclic) bond motifs is 3. The zero-order valence-electron chi connectivity index (χ0n) is 23.7. The van der Waals surface area contributed by atoms with Crippen molar-refractivity contribution >= 4 is 18.1 Å². The van der Waals surface area contributed by atoms with Crippen molar-refractivity contribution in [2.75, 3.05) is 26.8 Å². The molecular weight excluding hydrogens is 500 g/mol. The second kappa shape index (κ2) is 14.5. The highest BCUT2D eigenvalue weighted by Gasteiger charge is 2.51. The molecule has 0 aromatic heterocycles. The maximum Gasteiger partial charge on any atom is 0.247 e. The molecular formula is C30H44N2O7. The Kier molecular flexibility index (Phi) is 11.4. The van der Waals surface area contributed by atoms with Gasteiger partial charge in [-0.15, -0.1) is 0 Å². The van der Waals surface area contributed by atoms with Crippen LogP contribution in [-0.2, 0) is 9.59 Å². The normalized spacial score (nSPS) is 21.5. The van der Waals surface area contributed by atoms with Gasteiger partial charge in [0.1, 0.15) is 18.5 Å². The van der Waals surface area contributed by atoms with E-state index in [1.807, 2.05) is 0 Å². The van der Waals surface area contributed by atoms with Gasteiger partial charge in [-0.25, -0.2) is 0 Å². The zero-order chi connectivity index (χ0) is 28.5. The number of carbonyl (C=O) groups excluding carboxylic acids is 3. The first-order valence-electron chi connectivity index (χ1n) is 14.2. The summed E-state index contributed by atoms with van der Waals surface area (Å²) in [6, 6.07) is 2.43. The second-order valence-corrected chi connectivity index (χ2v) is 10.8. The Morgan fingerprint density at radius 2 is 1.95 bits per heavy atom. The predicted octanol–water partition coefficient (Wildman–Crippen LogP) is 3.37. The van der Waals surface area contributed by atoms with E-state index < -0.39 is 30.1 Å². The Labute approximate surface area is 231 Å². The number of aldehydes is 1. The van der Waals surface area contributed by atoms with E-state index in [1.165, 1.54) is 7.11 Å². The molecule has 9 heteroatoms. The number of ether oxygens (including phenoxy) is 2. The fourth-order valence-corrected chi connectivity index (χ4v) is 5.42. The van der Waals surface area contributed by atoms with Gasteiger partial charge in [0, 0.05) is 36.2 Å². The number of unbranched alkanes of at least 4 members (excludes halogenated alkanes) is 4. The maximum absolute atomic E-state index is 13.5. The minimum Gasteiger partial charge on any atom is -0.493 e. The summed E-state index contributed by atoms with van der Waals surface area (Å²) in [5, 5.41) is 23.7. The number of nitrogens with one attached hydrogen (secondary N) is 1. The van der Waals surface area contributed by atoms with Gasteiger partial charge in [0.25, 0.3) is 0 Å². The van der Waals surface area contributed by atoms with E-state index >= 15 is 0 Å². The number of amides is 2. The summed E-state index contributed by atoms with van der Waals surface area (Å²) in [6.45, 7) is 6.58. The van der Waals surface area contributed by atoms with Gasteiger partial charge in [0.15, 0.2) is 11.5 Å². The highest BCUT2D eigenvalue weighted by atomic mass is 16.5. The number of methoxy groups -OCH3 is 1. The van der Waals surface area contributed by atoms with Crippen molar-refractivity contribution in [2.45, 2.75) is 89.9 Å². The summed E-state index contributed by atoms with van der Waals surface area (Å²) in [4.78, 5) is 40.2. The van der Waals surface area contributed by atoms with Crippen LogP contribution in [0.1, 0.15) is 87.6 Å². The van der Waals surface area contributed by atoms with E-state index in [-0.39, 0.29) is 19.1 Å². The predicted molar refractivity (Wildman–Crippen MR) is 148 cm³/mol. The van der Waals surface area contributed by atoms with Crippen LogP contribution in [0.5, 0.6) is 11.5 Å². The number of rotatable bonds is 15. The second-order valence-electron chi connectivity index (χ2n) is 10.8. The molecule has 4 unspecified atom stereocenters. The largest absolute Gasteiger partial charge is 0.493 e. The van der Waals surface area contributed by atoms with E-state index in [0.717, 1.165) is 38.5 Å². The van der Waals surface area contributed by atoms with Gasteiger partial charge in [0.2, 0.25) is 11.8 Å². The molecule has 3 N–H and O–H groups in total. The molecule has 1 aromatic carbocycles. The number of carbonyl (C=O) groups is 3. The van der Waals surface area contributed by atoms with E-state index in [4.69, 9.17) is 9.47 Å². The minimum absolute atomic E-state index is 0.0555. The van der Waals surface area contributed by atoms with Crippen molar-refractivity contribution in [3.8, 4) is 11.5 Å². The molecule has 3 rings (SSSR count). The third-order valence-corrected chi connectivity index (χ3v) is 7.53. The molecule has 1 aliphatic heterocycles. The summed E-state index contributed by atoms with van der Waals surface area (Å²) < 4.78 is 11.7. The SMILES string of the molecule is CCCCCCCC(=O)N(CCC(C)C)C1C=C(C(=O)NCCO)C2c3cc(C=O)cc(OC)c3OC2C1O. The molecule has 9 nitrogen and oxygen atoms in total. The Bertz CT molecular complexity index is 1040. The fourth-order valence-electron chi connectivity index (χ4n) is 5.42. The van der Waals surface area contributed by atoms with Gasteiger partial charge in [-0.3, -0.25) is 14.4 Å². The maximum atomic E-state index is 13.5. The third-order valence-electron chi connectivity index (χ3n) is 7.53. The van der Waals surface area contributed by atoms with Gasteiger partial charge >= 0.3 is 0 Å². The molecule has 2 amide bonds. The van der Waals surface area contributed by atoms with Crippen molar-refractivity contribution in [3.63, 3.8) is 0 Å². The monoisotopic (exact) mass is 544 g/mol. The lowest BCUT2D eigenvalue weighted by molar-refractivity contribution is -0.137. The van der Waals surface area contributed by atoms with Crippen molar-refractivity contribution in [3.05, 3.63) is 34.9 Å². The van der Waals surface area contributed by atoms with Crippen molar-refractivity contribution in [1.82, 2.24) is 10.2 Å². The van der Waals surface area contributed by atoms with E-state index in [2.05, 4.69) is 26.1 Å². The molecule has 39 heavy (non-hydrogen) atoms. The molecule has 0 fully saturated rings. The highest BCUT2D eigenvalue weighted by Crippen LogP contribution is 2.51. The van der Waals surface area contributed by atoms with Crippen molar-refractivity contribution in [2.24, 2.45) is 5.92 Å². The number of benzene rings is 1. The molecule has 4 atom stereocenters. The van der Waals surface area contributed by atoms with Gasteiger partial charge in [-0.2, -0.15) is 0 Å². The van der Waals surface area contributed by atoms with E-state index in [9.17, 15) is 24.6 Å². The van der Waals surface area contributed by atoms with Crippen LogP contribution in [0.2, 0.25) is 0 Å². The lowest BCUT2D eigenvalue weighted by Gasteiger charge is -2.41. The van der Waals surface area contributed by atoms with Crippen LogP contribution in [0.3, 0.4) is 0 Å². The minimum atomic E-state index is -1.11. The Morgan fingerprint density at radius 3 is 2.59 bits per heavy atom. The molecule has 216 valence electrons. The fraction of sp³-hybridized carbons (Fsp3) is 0.633. The Hall–Kier alpha value is -2.91. The van der Waals surface area contributed by atoms with Crippen LogP contribution in [0.15, 0.2) is 23.8 Å². The summed E-state index contributed by atoms with van der Waals surface area (Å²) in [7, 11) is 1.46. The average Bonchev–Trinajstić information content (AvgIpc) is 3.32. The van der Waals surface area contributed by atoms with Crippen LogP contribution in [0, 0.1) is 5.92 Å². The van der Waals surface area contributed by atoms with Gasteiger partial charge < -0.3 is 29.9 Å². The number of nitrogens with zero attached hydrogens (tertiary/aromatic N) is 1. The lowest BCUT2D eigenvalue weighted by Crippen LogP contribution is -2.56. The van der Waals surface area contributed by atoms with Crippen LogP contribution in [0.4, 0.5) is 0 Å². The van der Waals surface area contributed by atoms with Crippen LogP contribution >= 0.6 is 0 Å². The molecule has 0 radical (unpaired) electrons. The van der Waals surface area contributed by atoms with Gasteiger partial charge in [-0.1, -0.05) is 46.5 Å². The number of hydrogen-bond donors (Lipinski definition) is 3. The van der Waals surface area contributed by atoms with Crippen molar-refractivity contribution < 1.29 is 34.1 Å². The molecule has 0 bridgehead atoms. The van der Waals surface area contributed by atoms with Gasteiger partial charge in [0.05, 0.1) is 25.7 Å². The number of aliphatic hydroxyl groups is 2. The standard InChI is InChI=1S/C30H44N2O7/c1-5-6-7-8-9-10-25(35)32(13-11-19(2)3)23-17-22(30(37)31-12-14-33)26-21-15-20(18-34)16-24(38-4)28(21)39-29(26)27(23)36/h15-19,23,26-27,29,33,36H,5-14H2,1-4H3,(H,31,37). The molecule has 0 saturated carbocycles. The lowest BCUT2D eigenvalue weighted by atomic mass is 9.77. The third kappa shape index (κ3) is 7.19. The Balaban J connectivity index is 2.01. The topological polar surface area (TPSA) is 125 Å². The molecule has 2 aliphatic rings. The molecule has 1 heterocycles. The first-order valence-corrected chi connectivity index (χ1v) is 14.2. The highest BCUT2D eigenvalue weighted by molar-refractivity contribution is 5.96. The number of aliphatic hydroxyl groups excluding tert-OH is 2. The van der Waals surface area contributed by atoms with Gasteiger partial charge in [-0.05, 0) is 37.0 Å². The van der Waals surface area contributed by atoms with E-state index in [1.54, 1.807) is 23.1 Å². The summed E-state index contributed by atoms with van der Waals surface area (Å²) in [6.07, 6.45) is 6.59. The molecule has 0 saturated heterocycles. The first-order chi connectivity index (χ1) is 18.8. The zero-order valence-corrected chi connectivity index (χ0v) is 23.7. The summed E-state index contributed by atoms with van der Waals surface area (Å²) in [5.74, 6) is -0.101. The average molecular weight is 545 g/mol. The molecule has 1 aromatic rings. The van der Waals surface area contributed by atoms with Crippen LogP contribution in [-0.4, -0.2) is 78.3 Å². The quantitative estimate of drug-likeness (QED) is 0.228. The first kappa shape index (κ1) is 30.6. The molecule has 1 aliphatic carbocycles. The molecule has 0 spiro atoms. The summed E-state index contributed by atoms with van der Waals surface area (Å²) in [5.41, 5.74) is 1.26. The van der Waals surface area contributed by atoms with Crippen molar-refractivity contribution in [1.29, 1.82) is 0 Å². The summed E-state index contributed by atoms with van der Waals surface area (Å²) >= 11 is 0.